The smallest absolute Gasteiger partial charge is 0.226 e. The maximum Gasteiger partial charge on any atom is 0.226 e. The zero-order valence-electron chi connectivity index (χ0n) is 15.0. The molecule has 1 aliphatic heterocycles. The highest BCUT2D eigenvalue weighted by Crippen LogP contribution is 2.42. The van der Waals surface area contributed by atoms with Crippen molar-refractivity contribution in [2.75, 3.05) is 5.32 Å². The lowest BCUT2D eigenvalue weighted by Gasteiger charge is -2.24. The standard InChI is InChI=1S/C20H13BrCl2N4OS/c1-9-18-12(10-2-4-13(22)14(23)6-10)8-17(28)25-19(18)27(26-9)20-24-15-5-3-11(21)7-16(15)29-20/h2-7,12H,8H2,1H3,(H,25,28)/t12-/m0/s1. The van der Waals surface area contributed by atoms with E-state index in [0.717, 1.165) is 31.5 Å². The second kappa shape index (κ2) is 7.09. The molecule has 1 aliphatic rings. The van der Waals surface area contributed by atoms with E-state index in [9.17, 15) is 4.79 Å². The second-order valence-electron chi connectivity index (χ2n) is 6.85. The summed E-state index contributed by atoms with van der Waals surface area (Å²) < 4.78 is 3.76. The summed E-state index contributed by atoms with van der Waals surface area (Å²) in [4.78, 5) is 17.2. The van der Waals surface area contributed by atoms with Gasteiger partial charge in [-0.05, 0) is 42.8 Å². The number of rotatable bonds is 2. The van der Waals surface area contributed by atoms with E-state index in [0.29, 0.717) is 27.4 Å². The Morgan fingerprint density at radius 2 is 2.03 bits per heavy atom. The number of carbonyl (C=O) groups is 1. The van der Waals surface area contributed by atoms with Crippen molar-refractivity contribution in [3.8, 4) is 5.13 Å². The minimum atomic E-state index is -0.147. The van der Waals surface area contributed by atoms with Crippen LogP contribution in [0.5, 0.6) is 0 Å². The van der Waals surface area contributed by atoms with Crippen LogP contribution in [0.4, 0.5) is 5.82 Å². The first kappa shape index (κ1) is 19.1. The molecule has 5 rings (SSSR count). The number of carbonyl (C=O) groups excluding carboxylic acids is 1. The third-order valence-corrected chi connectivity index (χ3v) is 7.19. The summed E-state index contributed by atoms with van der Waals surface area (Å²) in [5.41, 5.74) is 3.64. The van der Waals surface area contributed by atoms with Gasteiger partial charge in [0.25, 0.3) is 0 Å². The van der Waals surface area contributed by atoms with Gasteiger partial charge in [-0.2, -0.15) is 9.78 Å². The van der Waals surface area contributed by atoms with Crippen molar-refractivity contribution in [2.45, 2.75) is 19.3 Å². The first-order valence-electron chi connectivity index (χ1n) is 8.81. The average molecular weight is 508 g/mol. The van der Waals surface area contributed by atoms with E-state index in [2.05, 4.69) is 21.2 Å². The van der Waals surface area contributed by atoms with E-state index >= 15 is 0 Å². The molecular formula is C20H13BrCl2N4OS. The minimum absolute atomic E-state index is 0.0708. The SMILES string of the molecule is Cc1nn(-c2nc3ccc(Br)cc3s2)c2c1[C@H](c1ccc(Cl)c(Cl)c1)CC(=O)N2. The van der Waals surface area contributed by atoms with E-state index in [1.165, 1.54) is 11.3 Å². The zero-order chi connectivity index (χ0) is 20.3. The fourth-order valence-corrected chi connectivity index (χ4v) is 5.46. The maximum absolute atomic E-state index is 12.5. The normalized spacial score (nSPS) is 16.1. The molecule has 4 aromatic rings. The number of aryl methyl sites for hydroxylation is 1. The maximum atomic E-state index is 12.5. The van der Waals surface area contributed by atoms with Crippen LogP contribution in [0.1, 0.15) is 29.2 Å². The number of amides is 1. The molecule has 9 heteroatoms. The van der Waals surface area contributed by atoms with Gasteiger partial charge in [-0.25, -0.2) is 4.98 Å². The molecular weight excluding hydrogens is 495 g/mol. The number of nitrogens with zero attached hydrogens (tertiary/aromatic N) is 3. The van der Waals surface area contributed by atoms with Crippen LogP contribution in [-0.4, -0.2) is 20.7 Å². The van der Waals surface area contributed by atoms with Crippen molar-refractivity contribution < 1.29 is 4.79 Å². The van der Waals surface area contributed by atoms with Gasteiger partial charge >= 0.3 is 0 Å². The van der Waals surface area contributed by atoms with Gasteiger partial charge in [-0.1, -0.05) is 56.5 Å². The van der Waals surface area contributed by atoms with Gasteiger partial charge in [0, 0.05) is 22.4 Å². The van der Waals surface area contributed by atoms with E-state index in [4.69, 9.17) is 33.3 Å². The van der Waals surface area contributed by atoms with Gasteiger partial charge in [0.05, 0.1) is 26.0 Å². The molecule has 146 valence electrons. The summed E-state index contributed by atoms with van der Waals surface area (Å²) in [6.45, 7) is 1.95. The molecule has 1 amide bonds. The molecule has 1 N–H and O–H groups in total. The van der Waals surface area contributed by atoms with Crippen LogP contribution in [-0.2, 0) is 4.79 Å². The highest BCUT2D eigenvalue weighted by molar-refractivity contribution is 9.10. The molecule has 0 spiro atoms. The van der Waals surface area contributed by atoms with Crippen molar-refractivity contribution in [3.05, 3.63) is 67.7 Å². The van der Waals surface area contributed by atoms with Crippen molar-refractivity contribution >= 4 is 72.4 Å². The van der Waals surface area contributed by atoms with Gasteiger partial charge < -0.3 is 5.32 Å². The van der Waals surface area contributed by atoms with Gasteiger partial charge in [0.2, 0.25) is 11.0 Å². The number of halogens is 3. The molecule has 5 nitrogen and oxygen atoms in total. The first-order valence-corrected chi connectivity index (χ1v) is 11.2. The number of fused-ring (bicyclic) bond motifs is 2. The highest BCUT2D eigenvalue weighted by Gasteiger charge is 2.33. The van der Waals surface area contributed by atoms with Crippen LogP contribution in [0.15, 0.2) is 40.9 Å². The van der Waals surface area contributed by atoms with Gasteiger partial charge in [-0.15, -0.1) is 0 Å². The van der Waals surface area contributed by atoms with Gasteiger partial charge in [-0.3, -0.25) is 4.79 Å². The molecule has 2 aromatic carbocycles. The number of thiazole rings is 1. The number of benzene rings is 2. The molecule has 0 saturated carbocycles. The number of hydrogen-bond donors (Lipinski definition) is 1. The van der Waals surface area contributed by atoms with Crippen LogP contribution in [0, 0.1) is 6.92 Å². The van der Waals surface area contributed by atoms with Crippen LogP contribution >= 0.6 is 50.5 Å². The first-order chi connectivity index (χ1) is 13.9. The minimum Gasteiger partial charge on any atom is -0.310 e. The molecule has 0 fully saturated rings. The highest BCUT2D eigenvalue weighted by atomic mass is 79.9. The van der Waals surface area contributed by atoms with Gasteiger partial charge in [0.1, 0.15) is 5.82 Å². The predicted octanol–water partition coefficient (Wildman–Crippen LogP) is 6.33. The van der Waals surface area contributed by atoms with E-state index < -0.39 is 0 Å². The van der Waals surface area contributed by atoms with E-state index in [-0.39, 0.29) is 11.8 Å². The van der Waals surface area contributed by atoms with Crippen LogP contribution in [0.25, 0.3) is 15.3 Å². The Morgan fingerprint density at radius 1 is 1.21 bits per heavy atom. The number of hydrogen-bond acceptors (Lipinski definition) is 4. The fraction of sp³-hybridized carbons (Fsp3) is 0.150. The quantitative estimate of drug-likeness (QED) is 0.344. The van der Waals surface area contributed by atoms with Crippen molar-refractivity contribution in [2.24, 2.45) is 0 Å². The number of nitrogens with one attached hydrogen (secondary N) is 1. The molecule has 0 unspecified atom stereocenters. The van der Waals surface area contributed by atoms with Crippen molar-refractivity contribution in [1.29, 1.82) is 0 Å². The molecule has 0 bridgehead atoms. The zero-order valence-corrected chi connectivity index (χ0v) is 19.0. The Kier molecular flexibility index (Phi) is 4.66. The Balaban J connectivity index is 1.67. The summed E-state index contributed by atoms with van der Waals surface area (Å²) in [5.74, 6) is 0.442. The number of anilines is 1. The Morgan fingerprint density at radius 3 is 2.83 bits per heavy atom. The third-order valence-electron chi connectivity index (χ3n) is 4.97. The average Bonchev–Trinajstić information content (AvgIpc) is 3.24. The Bertz CT molecular complexity index is 1300. The predicted molar refractivity (Wildman–Crippen MR) is 121 cm³/mol. The second-order valence-corrected chi connectivity index (χ2v) is 9.59. The molecule has 2 aromatic heterocycles. The van der Waals surface area contributed by atoms with E-state index in [1.807, 2.05) is 37.3 Å². The Labute approximate surface area is 188 Å². The number of aromatic nitrogens is 3. The van der Waals surface area contributed by atoms with Crippen molar-refractivity contribution in [1.82, 2.24) is 14.8 Å². The summed E-state index contributed by atoms with van der Waals surface area (Å²) in [6.07, 6.45) is 0.324. The summed E-state index contributed by atoms with van der Waals surface area (Å²) in [5, 5.41) is 9.37. The molecule has 0 saturated heterocycles. The summed E-state index contributed by atoms with van der Waals surface area (Å²) in [7, 11) is 0. The van der Waals surface area contributed by atoms with E-state index in [1.54, 1.807) is 10.7 Å². The molecule has 29 heavy (non-hydrogen) atoms. The lowest BCUT2D eigenvalue weighted by Crippen LogP contribution is -2.24. The Hall–Kier alpha value is -1.93. The molecule has 0 aliphatic carbocycles. The summed E-state index contributed by atoms with van der Waals surface area (Å²) >= 11 is 17.3. The lowest BCUT2D eigenvalue weighted by molar-refractivity contribution is -0.116. The van der Waals surface area contributed by atoms with Gasteiger partial charge in [0.15, 0.2) is 0 Å². The van der Waals surface area contributed by atoms with Crippen LogP contribution in [0.2, 0.25) is 10.0 Å². The molecule has 0 radical (unpaired) electrons. The fourth-order valence-electron chi connectivity index (χ4n) is 3.68. The monoisotopic (exact) mass is 506 g/mol. The summed E-state index contributed by atoms with van der Waals surface area (Å²) in [6, 6.07) is 11.4. The van der Waals surface area contributed by atoms with Crippen LogP contribution in [0.3, 0.4) is 0 Å². The molecule has 1 atom stereocenters. The van der Waals surface area contributed by atoms with Crippen LogP contribution < -0.4 is 5.32 Å². The third kappa shape index (κ3) is 3.26. The van der Waals surface area contributed by atoms with Crippen molar-refractivity contribution in [3.63, 3.8) is 0 Å². The molecule has 3 heterocycles. The largest absolute Gasteiger partial charge is 0.310 e. The topological polar surface area (TPSA) is 59.8 Å². The lowest BCUT2D eigenvalue weighted by atomic mass is 9.86.